The van der Waals surface area contributed by atoms with Crippen LogP contribution < -0.4 is 22.1 Å². The fourth-order valence-electron chi connectivity index (χ4n) is 7.97. The first-order valence-corrected chi connectivity index (χ1v) is 29.2. The second-order valence-electron chi connectivity index (χ2n) is 19.3. The van der Waals surface area contributed by atoms with Gasteiger partial charge in [-0.25, -0.2) is 0 Å². The summed E-state index contributed by atoms with van der Waals surface area (Å²) in [6, 6.07) is 0. The lowest BCUT2D eigenvalue weighted by molar-refractivity contribution is -0.161. The summed E-state index contributed by atoms with van der Waals surface area (Å²) in [6.45, 7) is 6.23. The van der Waals surface area contributed by atoms with Gasteiger partial charge >= 0.3 is 11.9 Å². The van der Waals surface area contributed by atoms with Crippen molar-refractivity contribution in [3.05, 3.63) is 36.5 Å². The molecule has 0 aliphatic carbocycles. The highest BCUT2D eigenvalue weighted by molar-refractivity contribution is 5.76. The number of nitrogens with two attached hydrogens (primary N) is 2. The summed E-state index contributed by atoms with van der Waals surface area (Å²) in [4.78, 5) is 47.1. The highest BCUT2D eigenvalue weighted by Crippen LogP contribution is 2.15. The van der Waals surface area contributed by atoms with Gasteiger partial charge in [0, 0.05) is 51.9 Å². The number of carbonyl (C=O) groups excluding carboxylic acids is 4. The van der Waals surface area contributed by atoms with Gasteiger partial charge in [-0.1, -0.05) is 212 Å². The van der Waals surface area contributed by atoms with Crippen molar-refractivity contribution in [1.29, 1.82) is 0 Å². The normalized spacial score (nSPS) is 11.7. The van der Waals surface area contributed by atoms with Crippen LogP contribution in [0.25, 0.3) is 0 Å². The Labute approximate surface area is 438 Å². The van der Waals surface area contributed by atoms with Crippen LogP contribution in [0, 0.1) is 0 Å². The Morgan fingerprint density at radius 2 is 0.761 bits per heavy atom. The lowest BCUT2D eigenvalue weighted by atomic mass is 10.0. The molecular weight excluding hydrogens is 889 g/mol. The minimum absolute atomic E-state index is 0. The van der Waals surface area contributed by atoms with Crippen LogP contribution in [0.3, 0.4) is 0 Å². The van der Waals surface area contributed by atoms with E-state index in [9.17, 15) is 24.3 Å². The predicted molar refractivity (Wildman–Crippen MR) is 302 cm³/mol. The molecule has 11 heteroatoms. The number of aliphatic hydroxyl groups excluding tert-OH is 1. The maximum Gasteiger partial charge on any atom is 0.306 e. The minimum Gasteiger partial charge on any atom is -0.462 e. The van der Waals surface area contributed by atoms with Crippen molar-refractivity contribution in [2.45, 2.75) is 284 Å². The van der Waals surface area contributed by atoms with E-state index >= 15 is 0 Å². The molecule has 0 aromatic rings. The number of nitrogens with one attached hydrogen (secondary N) is 2. The van der Waals surface area contributed by atoms with Gasteiger partial charge in [0.05, 0.1) is 6.61 Å². The Morgan fingerprint density at radius 1 is 0.437 bits per heavy atom. The van der Waals surface area contributed by atoms with Crippen molar-refractivity contribution in [3.8, 4) is 0 Å². The van der Waals surface area contributed by atoms with Crippen LogP contribution in [0.1, 0.15) is 278 Å². The van der Waals surface area contributed by atoms with Crippen molar-refractivity contribution in [2.75, 3.05) is 39.4 Å². The number of aliphatic hydroxyl groups is 1. The van der Waals surface area contributed by atoms with Gasteiger partial charge in [-0.3, -0.25) is 19.2 Å². The fourth-order valence-corrected chi connectivity index (χ4v) is 7.97. The minimum atomic E-state index is -0.799. The summed E-state index contributed by atoms with van der Waals surface area (Å²) >= 11 is 0. The summed E-state index contributed by atoms with van der Waals surface area (Å²) in [7, 11) is 0. The first-order chi connectivity index (χ1) is 34.3. The molecule has 0 bridgehead atoms. The summed E-state index contributed by atoms with van der Waals surface area (Å²) in [5.41, 5.74) is 10.7. The Hall–Kier alpha value is -3.02. The van der Waals surface area contributed by atoms with E-state index in [1.165, 1.54) is 116 Å². The van der Waals surface area contributed by atoms with E-state index in [0.717, 1.165) is 116 Å². The molecule has 0 saturated heterocycles. The van der Waals surface area contributed by atoms with Gasteiger partial charge in [-0.2, -0.15) is 0 Å². The van der Waals surface area contributed by atoms with Gasteiger partial charge in [0.1, 0.15) is 6.61 Å². The van der Waals surface area contributed by atoms with Gasteiger partial charge in [0.15, 0.2) is 6.10 Å². The second-order valence-corrected chi connectivity index (χ2v) is 19.3. The highest BCUT2D eigenvalue weighted by Gasteiger charge is 2.16. The molecule has 0 rings (SSSR count). The molecule has 0 radical (unpaired) electrons. The molecule has 0 fully saturated rings. The maximum absolute atomic E-state index is 12.1. The molecule has 0 aliphatic rings. The zero-order chi connectivity index (χ0) is 51.5. The lowest BCUT2D eigenvalue weighted by Gasteiger charge is -2.15. The zero-order valence-corrected chi connectivity index (χ0v) is 45.6. The molecule has 71 heavy (non-hydrogen) atoms. The molecule has 0 spiro atoms. The fraction of sp³-hybridized carbons (Fsp3) is 0.833. The quantitative estimate of drug-likeness (QED) is 0.0225. The molecule has 1 atom stereocenters. The van der Waals surface area contributed by atoms with Crippen LogP contribution in [0.5, 0.6) is 0 Å². The molecule has 1 unspecified atom stereocenters. The third kappa shape index (κ3) is 63.0. The van der Waals surface area contributed by atoms with E-state index in [1.54, 1.807) is 0 Å². The molecule has 11 nitrogen and oxygen atoms in total. The van der Waals surface area contributed by atoms with E-state index < -0.39 is 6.10 Å². The average molecular weight is 1010 g/mol. The molecule has 0 aliphatic heterocycles. The summed E-state index contributed by atoms with van der Waals surface area (Å²) in [5, 5.41) is 15.1. The monoisotopic (exact) mass is 1000 g/mol. The van der Waals surface area contributed by atoms with Crippen molar-refractivity contribution in [1.82, 2.24) is 10.6 Å². The Morgan fingerprint density at radius 3 is 1.14 bits per heavy atom. The van der Waals surface area contributed by atoms with Gasteiger partial charge in [-0.15, -0.1) is 0 Å². The predicted octanol–water partition coefficient (Wildman–Crippen LogP) is 14.5. The van der Waals surface area contributed by atoms with Crippen LogP contribution in [0.15, 0.2) is 36.5 Å². The second kappa shape index (κ2) is 63.1. The Balaban J connectivity index is -0.00000161. The number of carbonyl (C=O) groups is 4. The molecule has 0 heterocycles. The van der Waals surface area contributed by atoms with Crippen molar-refractivity contribution >= 4 is 23.8 Å². The summed E-state index contributed by atoms with van der Waals surface area (Å²) < 4.78 is 10.6. The largest absolute Gasteiger partial charge is 0.462 e. The number of unbranched alkanes of at least 4 members (excludes halogenated alkanes) is 30. The van der Waals surface area contributed by atoms with Gasteiger partial charge in [0.25, 0.3) is 0 Å². The lowest BCUT2D eigenvalue weighted by Crippen LogP contribution is -2.28. The topological polar surface area (TPSA) is 183 Å². The van der Waals surface area contributed by atoms with Crippen LogP contribution in [-0.4, -0.2) is 74.4 Å². The number of amides is 2. The molecule has 0 saturated carbocycles. The van der Waals surface area contributed by atoms with Gasteiger partial charge in [-0.05, 0) is 77.0 Å². The standard InChI is InChI=1S/C39H70N2O6.C20H42N2O.CH4/c1-2-3-4-5-6-7-8-9-12-16-19-22-25-28-31-39(45)47-36(34-42)35-46-38(44)30-27-24-21-18-15-13-10-11-14-17-20-23-26-29-37(43)41-33-32-40;1-2-3-4-5-6-7-8-9-10-11-12-13-14-15-16-17-20(23)22-19-18-21;/h5-6,8-11,36,42H,2-4,7,12-35,40H2,1H3,(H,41,43);2-19,21H2,1H3,(H,22,23);1H4/b6-5-,9-8-,11-10+;;. The van der Waals surface area contributed by atoms with Crippen LogP contribution in [0.4, 0.5) is 0 Å². The van der Waals surface area contributed by atoms with Crippen molar-refractivity contribution < 1.29 is 33.8 Å². The SMILES string of the molecule is C.CCCC/C=C\C/C=C\CCCCCCCC(=O)OC(CO)COC(=O)CCCCCCC/C=C/CCCCCCC(=O)NCCN.CCCCCCCCCCCCCCCCCC(=O)NCCN. The number of hydrogen-bond donors (Lipinski definition) is 5. The summed E-state index contributed by atoms with van der Waals surface area (Å²) in [5.74, 6) is -0.396. The number of hydrogen-bond acceptors (Lipinski definition) is 9. The van der Waals surface area contributed by atoms with Crippen LogP contribution >= 0.6 is 0 Å². The molecule has 7 N–H and O–H groups in total. The molecule has 0 aromatic heterocycles. The van der Waals surface area contributed by atoms with Crippen LogP contribution in [0.2, 0.25) is 0 Å². The number of allylic oxidation sites excluding steroid dienone is 6. The summed E-state index contributed by atoms with van der Waals surface area (Å²) in [6.07, 6.45) is 57.7. The van der Waals surface area contributed by atoms with E-state index in [4.69, 9.17) is 20.9 Å². The van der Waals surface area contributed by atoms with Crippen molar-refractivity contribution in [3.63, 3.8) is 0 Å². The molecular formula is C60H116N4O7. The maximum atomic E-state index is 12.1. The third-order valence-corrected chi connectivity index (χ3v) is 12.4. The molecule has 2 amide bonds. The Bertz CT molecular complexity index is 1230. The zero-order valence-electron chi connectivity index (χ0n) is 45.6. The van der Waals surface area contributed by atoms with E-state index in [-0.39, 0.29) is 44.4 Å². The first kappa shape index (κ1) is 72.2. The van der Waals surface area contributed by atoms with E-state index in [2.05, 4.69) is 60.9 Å². The van der Waals surface area contributed by atoms with Gasteiger partial charge in [0.2, 0.25) is 11.8 Å². The smallest absolute Gasteiger partial charge is 0.306 e. The first-order valence-electron chi connectivity index (χ1n) is 29.2. The van der Waals surface area contributed by atoms with Crippen molar-refractivity contribution in [2.24, 2.45) is 11.5 Å². The number of esters is 2. The van der Waals surface area contributed by atoms with E-state index in [0.29, 0.717) is 51.9 Å². The van der Waals surface area contributed by atoms with Crippen LogP contribution in [-0.2, 0) is 28.7 Å². The van der Waals surface area contributed by atoms with E-state index in [1.807, 2.05) is 0 Å². The number of rotatable bonds is 52. The third-order valence-electron chi connectivity index (χ3n) is 12.4. The highest BCUT2D eigenvalue weighted by atomic mass is 16.6. The average Bonchev–Trinajstić information content (AvgIpc) is 3.36. The number of ether oxygens (including phenoxy) is 2. The van der Waals surface area contributed by atoms with Gasteiger partial charge < -0.3 is 36.7 Å². The molecule has 0 aromatic carbocycles. The Kier molecular flexibility index (Phi) is 64.2. The molecule has 418 valence electrons.